The Hall–Kier alpha value is -2.79. The topological polar surface area (TPSA) is 115 Å². The number of nitrogens with one attached hydrogen (secondary N) is 2. The zero-order valence-electron chi connectivity index (χ0n) is 17.2. The molecule has 11 heteroatoms. The molecule has 2 N–H and O–H groups in total. The first-order valence-corrected chi connectivity index (χ1v) is 11.1. The molecule has 0 bridgehead atoms. The highest BCUT2D eigenvalue weighted by Crippen LogP contribution is 2.24. The lowest BCUT2D eigenvalue weighted by Crippen LogP contribution is -2.23. The first-order chi connectivity index (χ1) is 14.4. The minimum absolute atomic E-state index is 0.0976. The Kier molecular flexibility index (Phi) is 7.16. The van der Waals surface area contributed by atoms with E-state index in [-0.39, 0.29) is 18.2 Å². The van der Waals surface area contributed by atoms with Gasteiger partial charge in [0.25, 0.3) is 0 Å². The van der Waals surface area contributed by atoms with Gasteiger partial charge in [0.1, 0.15) is 10.8 Å². The van der Waals surface area contributed by atoms with Gasteiger partial charge in [-0.1, -0.05) is 41.3 Å². The minimum Gasteiger partial charge on any atom is -0.325 e. The Morgan fingerprint density at radius 1 is 1.13 bits per heavy atom. The Morgan fingerprint density at radius 2 is 1.90 bits per heavy atom. The van der Waals surface area contributed by atoms with Gasteiger partial charge in [-0.25, -0.2) is 0 Å². The summed E-state index contributed by atoms with van der Waals surface area (Å²) < 4.78 is 1.85. The Balaban J connectivity index is 1.63. The third-order valence-electron chi connectivity index (χ3n) is 4.26. The average molecular weight is 446 g/mol. The summed E-state index contributed by atoms with van der Waals surface area (Å²) >= 11 is 2.60. The Morgan fingerprint density at radius 3 is 2.57 bits per heavy atom. The van der Waals surface area contributed by atoms with Crippen molar-refractivity contribution in [1.29, 1.82) is 0 Å². The lowest BCUT2D eigenvalue weighted by Gasteiger charge is -2.12. The highest BCUT2D eigenvalue weighted by atomic mass is 32.2. The highest BCUT2D eigenvalue weighted by molar-refractivity contribution is 8.00. The molecule has 30 heavy (non-hydrogen) atoms. The van der Waals surface area contributed by atoms with Crippen molar-refractivity contribution in [3.8, 4) is 0 Å². The fraction of sp³-hybridized carbons (Fsp3) is 0.368. The van der Waals surface area contributed by atoms with E-state index >= 15 is 0 Å². The van der Waals surface area contributed by atoms with E-state index in [1.807, 2.05) is 49.6 Å². The molecular formula is C19H23N7O2S2. The lowest BCUT2D eigenvalue weighted by molar-refractivity contribution is -0.116. The van der Waals surface area contributed by atoms with Crippen LogP contribution in [0.4, 0.5) is 10.8 Å². The highest BCUT2D eigenvalue weighted by Gasteiger charge is 2.21. The van der Waals surface area contributed by atoms with Crippen molar-refractivity contribution in [1.82, 2.24) is 25.0 Å². The van der Waals surface area contributed by atoms with Gasteiger partial charge in [-0.3, -0.25) is 14.9 Å². The van der Waals surface area contributed by atoms with Crippen molar-refractivity contribution in [2.45, 2.75) is 51.1 Å². The maximum absolute atomic E-state index is 12.5. The molecule has 2 heterocycles. The number of nitrogens with zero attached hydrogens (tertiary/aromatic N) is 5. The summed E-state index contributed by atoms with van der Waals surface area (Å²) in [5, 5.41) is 23.2. The molecule has 0 aliphatic heterocycles. The maximum Gasteiger partial charge on any atom is 0.239 e. The molecule has 3 aromatic rings. The van der Waals surface area contributed by atoms with Crippen LogP contribution in [0.25, 0.3) is 0 Å². The van der Waals surface area contributed by atoms with Gasteiger partial charge in [0.2, 0.25) is 16.9 Å². The van der Waals surface area contributed by atoms with Gasteiger partial charge >= 0.3 is 0 Å². The van der Waals surface area contributed by atoms with Crippen molar-refractivity contribution in [3.05, 3.63) is 40.7 Å². The van der Waals surface area contributed by atoms with Crippen LogP contribution in [0.5, 0.6) is 0 Å². The number of hydrogen-bond acceptors (Lipinski definition) is 8. The summed E-state index contributed by atoms with van der Waals surface area (Å²) in [4.78, 5) is 24.9. The predicted octanol–water partition coefficient (Wildman–Crippen LogP) is 3.07. The quantitative estimate of drug-likeness (QED) is 0.512. The normalized spacial score (nSPS) is 11.9. The van der Waals surface area contributed by atoms with E-state index in [2.05, 4.69) is 31.0 Å². The van der Waals surface area contributed by atoms with Gasteiger partial charge in [0.05, 0.1) is 11.7 Å². The van der Waals surface area contributed by atoms with E-state index in [0.717, 1.165) is 16.3 Å². The monoisotopic (exact) mass is 445 g/mol. The number of para-hydroxylation sites is 1. The molecule has 1 atom stereocenters. The number of anilines is 2. The van der Waals surface area contributed by atoms with Gasteiger partial charge < -0.3 is 9.88 Å². The van der Waals surface area contributed by atoms with Crippen LogP contribution in [-0.2, 0) is 22.6 Å². The fourth-order valence-corrected chi connectivity index (χ4v) is 4.20. The molecule has 0 radical (unpaired) electrons. The maximum atomic E-state index is 12.5. The van der Waals surface area contributed by atoms with E-state index in [9.17, 15) is 9.59 Å². The summed E-state index contributed by atoms with van der Waals surface area (Å²) in [6.45, 7) is 8.09. The molecule has 9 nitrogen and oxygen atoms in total. The number of rotatable bonds is 8. The molecule has 158 valence electrons. The van der Waals surface area contributed by atoms with Gasteiger partial charge in [0.15, 0.2) is 5.16 Å². The smallest absolute Gasteiger partial charge is 0.239 e. The van der Waals surface area contributed by atoms with Crippen LogP contribution in [0.15, 0.2) is 29.4 Å². The zero-order chi connectivity index (χ0) is 21.7. The third-order valence-corrected chi connectivity index (χ3v) is 6.09. The fourth-order valence-electron chi connectivity index (χ4n) is 2.67. The molecular weight excluding hydrogens is 422 g/mol. The second-order valence-electron chi connectivity index (χ2n) is 6.56. The third kappa shape index (κ3) is 5.42. The number of aromatic nitrogens is 5. The van der Waals surface area contributed by atoms with Crippen LogP contribution in [0, 0.1) is 13.8 Å². The van der Waals surface area contributed by atoms with Crippen LogP contribution in [0.3, 0.4) is 0 Å². The van der Waals surface area contributed by atoms with Gasteiger partial charge in [-0.05, 0) is 39.3 Å². The van der Waals surface area contributed by atoms with Crippen molar-refractivity contribution in [3.63, 3.8) is 0 Å². The van der Waals surface area contributed by atoms with E-state index < -0.39 is 5.25 Å². The largest absolute Gasteiger partial charge is 0.325 e. The number of aryl methyl sites for hydroxylation is 2. The molecule has 1 aromatic carbocycles. The molecule has 0 saturated heterocycles. The second kappa shape index (κ2) is 9.81. The van der Waals surface area contributed by atoms with Crippen LogP contribution < -0.4 is 10.6 Å². The number of carbonyl (C=O) groups excluding carboxylic acids is 2. The molecule has 0 saturated carbocycles. The molecule has 0 aliphatic carbocycles. The zero-order valence-corrected chi connectivity index (χ0v) is 18.8. The first-order valence-electron chi connectivity index (χ1n) is 9.42. The molecule has 2 aromatic heterocycles. The van der Waals surface area contributed by atoms with Crippen molar-refractivity contribution in [2.24, 2.45) is 0 Å². The van der Waals surface area contributed by atoms with Crippen molar-refractivity contribution in [2.75, 3.05) is 10.6 Å². The van der Waals surface area contributed by atoms with E-state index in [1.165, 1.54) is 23.1 Å². The summed E-state index contributed by atoms with van der Waals surface area (Å²) in [6, 6.07) is 7.60. The number of carbonyl (C=O) groups is 2. The van der Waals surface area contributed by atoms with E-state index in [1.54, 1.807) is 6.92 Å². The van der Waals surface area contributed by atoms with Gasteiger partial charge in [-0.2, -0.15) is 0 Å². The average Bonchev–Trinajstić information content (AvgIpc) is 3.28. The predicted molar refractivity (Wildman–Crippen MR) is 118 cm³/mol. The van der Waals surface area contributed by atoms with Crippen LogP contribution in [-0.4, -0.2) is 42.0 Å². The minimum atomic E-state index is -0.419. The van der Waals surface area contributed by atoms with Gasteiger partial charge in [0, 0.05) is 12.2 Å². The Labute approximate surface area is 182 Å². The number of thioether (sulfide) groups is 1. The molecule has 0 fully saturated rings. The Bertz CT molecular complexity index is 1050. The first kappa shape index (κ1) is 21.9. The van der Waals surface area contributed by atoms with Gasteiger partial charge in [-0.15, -0.1) is 20.4 Å². The summed E-state index contributed by atoms with van der Waals surface area (Å²) in [6.07, 6.45) is 0.0976. The summed E-state index contributed by atoms with van der Waals surface area (Å²) in [7, 11) is 0. The number of hydrogen-bond donors (Lipinski definition) is 2. The SMILES string of the molecule is CCn1c(CC(=O)Nc2ccccc2C)nnc1S[C@H](C)C(=O)Nc1nnc(C)s1. The summed E-state index contributed by atoms with van der Waals surface area (Å²) in [5.74, 6) is 0.194. The van der Waals surface area contributed by atoms with Crippen LogP contribution >= 0.6 is 23.1 Å². The second-order valence-corrected chi connectivity index (χ2v) is 9.05. The van der Waals surface area contributed by atoms with E-state index in [0.29, 0.717) is 22.7 Å². The van der Waals surface area contributed by atoms with Crippen LogP contribution in [0.2, 0.25) is 0 Å². The molecule has 0 aliphatic rings. The molecule has 0 unspecified atom stereocenters. The van der Waals surface area contributed by atoms with Crippen LogP contribution in [0.1, 0.15) is 30.2 Å². The molecule has 3 rings (SSSR count). The number of benzene rings is 1. The van der Waals surface area contributed by atoms with Crippen molar-refractivity contribution < 1.29 is 9.59 Å². The van der Waals surface area contributed by atoms with Crippen molar-refractivity contribution >= 4 is 45.7 Å². The van der Waals surface area contributed by atoms with E-state index in [4.69, 9.17) is 0 Å². The molecule has 2 amide bonds. The summed E-state index contributed by atoms with van der Waals surface area (Å²) in [5.41, 5.74) is 1.77. The molecule has 0 spiro atoms. The standard InChI is InChI=1S/C19H23N7O2S2/c1-5-26-15(10-16(27)20-14-9-7-6-8-11(14)2)23-25-19(26)29-12(3)17(28)21-18-24-22-13(4)30-18/h6-9,12H,5,10H2,1-4H3,(H,20,27)(H,21,24,28)/t12-/m1/s1. The lowest BCUT2D eigenvalue weighted by atomic mass is 10.2. The number of amides is 2.